The van der Waals surface area contributed by atoms with E-state index in [4.69, 9.17) is 6.42 Å². The molecule has 0 spiro atoms. The van der Waals surface area contributed by atoms with Crippen molar-refractivity contribution in [3.05, 3.63) is 12.2 Å². The molecule has 0 aromatic carbocycles. The topological polar surface area (TPSA) is 57.0 Å². The van der Waals surface area contributed by atoms with Crippen LogP contribution < -0.4 is 0 Å². The molecule has 1 heterocycles. The molecule has 0 radical (unpaired) electrons. The lowest BCUT2D eigenvalue weighted by Crippen LogP contribution is -2.10. The number of esters is 1. The van der Waals surface area contributed by atoms with Crippen LogP contribution in [-0.4, -0.2) is 27.8 Å². The number of carbonyl (C=O) groups excluding carboxylic acids is 1. The lowest BCUT2D eigenvalue weighted by molar-refractivity contribution is 0.0581. The van der Waals surface area contributed by atoms with Crippen LogP contribution in [0.4, 0.5) is 0 Å². The molecule has 0 saturated heterocycles. The van der Waals surface area contributed by atoms with E-state index in [1.54, 1.807) is 0 Å². The Morgan fingerprint density at radius 2 is 2.67 bits per heavy atom. The van der Waals surface area contributed by atoms with Crippen molar-refractivity contribution in [3.63, 3.8) is 0 Å². The number of ether oxygens (including phenoxy) is 1. The summed E-state index contributed by atoms with van der Waals surface area (Å²) in [7, 11) is 1.28. The number of methoxy groups -OCH3 is 1. The highest BCUT2D eigenvalue weighted by molar-refractivity contribution is 5.85. The van der Waals surface area contributed by atoms with E-state index in [9.17, 15) is 4.79 Å². The normalized spacial score (nSPS) is 9.00. The van der Waals surface area contributed by atoms with E-state index in [-0.39, 0.29) is 12.4 Å². The molecule has 0 N–H and O–H groups in total. The molecule has 1 aromatic rings. The van der Waals surface area contributed by atoms with Gasteiger partial charge in [-0.05, 0) is 0 Å². The molecule has 0 bridgehead atoms. The molecular formula is C7H7N3O2. The summed E-state index contributed by atoms with van der Waals surface area (Å²) in [6.07, 6.45) is 6.43. The molecule has 12 heavy (non-hydrogen) atoms. The first kappa shape index (κ1) is 8.27. The summed E-state index contributed by atoms with van der Waals surface area (Å²) in [6, 6.07) is 0. The van der Waals surface area contributed by atoms with Crippen molar-refractivity contribution >= 4 is 5.97 Å². The van der Waals surface area contributed by atoms with Crippen molar-refractivity contribution in [2.75, 3.05) is 7.11 Å². The largest absolute Gasteiger partial charge is 0.463 e. The zero-order valence-electron chi connectivity index (χ0n) is 6.52. The predicted molar refractivity (Wildman–Crippen MR) is 40.2 cm³/mol. The number of nitrogens with zero attached hydrogens (tertiary/aromatic N) is 3. The zero-order chi connectivity index (χ0) is 8.97. The van der Waals surface area contributed by atoms with Crippen LogP contribution in [0.3, 0.4) is 0 Å². The Kier molecular flexibility index (Phi) is 2.43. The molecule has 5 heteroatoms. The fourth-order valence-corrected chi connectivity index (χ4v) is 0.718. The fourth-order valence-electron chi connectivity index (χ4n) is 0.718. The summed E-state index contributed by atoms with van der Waals surface area (Å²) >= 11 is 0. The second-order valence-electron chi connectivity index (χ2n) is 1.98. The molecule has 0 amide bonds. The van der Waals surface area contributed by atoms with Crippen molar-refractivity contribution in [3.8, 4) is 12.3 Å². The Labute approximate surface area is 69.4 Å². The molecule has 0 atom stereocenters. The third-order valence-electron chi connectivity index (χ3n) is 1.25. The van der Waals surface area contributed by atoms with Gasteiger partial charge in [0.25, 0.3) is 0 Å². The van der Waals surface area contributed by atoms with Gasteiger partial charge >= 0.3 is 5.97 Å². The van der Waals surface area contributed by atoms with Crippen LogP contribution in [0.2, 0.25) is 0 Å². The lowest BCUT2D eigenvalue weighted by atomic mass is 10.5. The van der Waals surface area contributed by atoms with Gasteiger partial charge in [0.05, 0.1) is 13.7 Å². The molecule has 0 fully saturated rings. The Bertz CT molecular complexity index is 324. The van der Waals surface area contributed by atoms with Gasteiger partial charge in [-0.25, -0.2) is 4.79 Å². The van der Waals surface area contributed by atoms with E-state index < -0.39 is 5.97 Å². The van der Waals surface area contributed by atoms with Gasteiger partial charge in [0, 0.05) is 0 Å². The monoisotopic (exact) mass is 165 g/mol. The Morgan fingerprint density at radius 1 is 1.92 bits per heavy atom. The average molecular weight is 165 g/mol. The second-order valence-corrected chi connectivity index (χ2v) is 1.98. The quantitative estimate of drug-likeness (QED) is 0.446. The van der Waals surface area contributed by atoms with Crippen LogP contribution in [0.5, 0.6) is 0 Å². The standard InChI is InChI=1S/C7H7N3O2/c1-3-4-10-5-8-9-6(10)7(11)12-2/h1,5H,4H2,2H3. The van der Waals surface area contributed by atoms with Gasteiger partial charge in [-0.1, -0.05) is 5.92 Å². The number of aromatic nitrogens is 3. The molecule has 5 nitrogen and oxygen atoms in total. The maximum atomic E-state index is 11.0. The minimum atomic E-state index is -0.539. The van der Waals surface area contributed by atoms with Gasteiger partial charge in [-0.3, -0.25) is 4.57 Å². The van der Waals surface area contributed by atoms with E-state index in [1.807, 2.05) is 0 Å². The highest BCUT2D eigenvalue weighted by Gasteiger charge is 2.12. The van der Waals surface area contributed by atoms with Crippen molar-refractivity contribution in [2.24, 2.45) is 0 Å². The number of hydrogen-bond acceptors (Lipinski definition) is 4. The van der Waals surface area contributed by atoms with Crippen LogP contribution >= 0.6 is 0 Å². The zero-order valence-corrected chi connectivity index (χ0v) is 6.52. The van der Waals surface area contributed by atoms with E-state index in [1.165, 1.54) is 18.0 Å². The van der Waals surface area contributed by atoms with Gasteiger partial charge in [-0.15, -0.1) is 16.6 Å². The molecule has 0 saturated carbocycles. The predicted octanol–water partition coefficient (Wildman–Crippen LogP) is -0.302. The molecule has 1 aromatic heterocycles. The van der Waals surface area contributed by atoms with Crippen LogP contribution in [0.1, 0.15) is 10.6 Å². The van der Waals surface area contributed by atoms with E-state index >= 15 is 0 Å². The first-order chi connectivity index (χ1) is 5.79. The van der Waals surface area contributed by atoms with E-state index in [0.717, 1.165) is 0 Å². The number of terminal acetylenes is 1. The first-order valence-electron chi connectivity index (χ1n) is 3.19. The maximum absolute atomic E-state index is 11.0. The molecule has 62 valence electrons. The van der Waals surface area contributed by atoms with Crippen molar-refractivity contribution in [1.82, 2.24) is 14.8 Å². The number of carbonyl (C=O) groups is 1. The minimum absolute atomic E-state index is 0.121. The third kappa shape index (κ3) is 1.42. The minimum Gasteiger partial charge on any atom is -0.463 e. The summed E-state index contributed by atoms with van der Waals surface area (Å²) in [4.78, 5) is 11.0. The summed E-state index contributed by atoms with van der Waals surface area (Å²) < 4.78 is 5.89. The first-order valence-corrected chi connectivity index (χ1v) is 3.19. The lowest BCUT2D eigenvalue weighted by Gasteiger charge is -1.98. The van der Waals surface area contributed by atoms with Crippen LogP contribution in [0.15, 0.2) is 6.33 Å². The number of rotatable bonds is 2. The third-order valence-corrected chi connectivity index (χ3v) is 1.25. The average Bonchev–Trinajstić information content (AvgIpc) is 2.52. The molecular weight excluding hydrogens is 158 g/mol. The highest BCUT2D eigenvalue weighted by Crippen LogP contribution is 1.95. The Hall–Kier alpha value is -1.83. The molecule has 0 unspecified atom stereocenters. The van der Waals surface area contributed by atoms with Crippen LogP contribution in [0.25, 0.3) is 0 Å². The summed E-state index contributed by atoms with van der Waals surface area (Å²) in [5, 5.41) is 7.07. The van der Waals surface area contributed by atoms with Gasteiger partial charge in [-0.2, -0.15) is 0 Å². The molecule has 0 aliphatic heterocycles. The van der Waals surface area contributed by atoms with Crippen molar-refractivity contribution < 1.29 is 9.53 Å². The maximum Gasteiger partial charge on any atom is 0.376 e. The Morgan fingerprint density at radius 3 is 3.25 bits per heavy atom. The second kappa shape index (κ2) is 3.53. The summed E-state index contributed by atoms with van der Waals surface area (Å²) in [6.45, 7) is 0.261. The Balaban J connectivity index is 2.92. The fraction of sp³-hybridized carbons (Fsp3) is 0.286. The smallest absolute Gasteiger partial charge is 0.376 e. The van der Waals surface area contributed by atoms with Crippen molar-refractivity contribution in [2.45, 2.75) is 6.54 Å². The van der Waals surface area contributed by atoms with Crippen LogP contribution in [-0.2, 0) is 11.3 Å². The number of hydrogen-bond donors (Lipinski definition) is 0. The van der Waals surface area contributed by atoms with Gasteiger partial charge in [0.2, 0.25) is 5.82 Å². The molecule has 0 aliphatic rings. The van der Waals surface area contributed by atoms with E-state index in [0.29, 0.717) is 0 Å². The van der Waals surface area contributed by atoms with Crippen LogP contribution in [0, 0.1) is 12.3 Å². The van der Waals surface area contributed by atoms with Gasteiger partial charge in [0.15, 0.2) is 0 Å². The summed E-state index contributed by atoms with van der Waals surface area (Å²) in [5.74, 6) is 1.95. The van der Waals surface area contributed by atoms with Gasteiger partial charge in [0.1, 0.15) is 6.33 Å². The van der Waals surface area contributed by atoms with Crippen molar-refractivity contribution in [1.29, 1.82) is 0 Å². The van der Waals surface area contributed by atoms with E-state index in [2.05, 4.69) is 20.9 Å². The molecule has 0 aliphatic carbocycles. The summed E-state index contributed by atoms with van der Waals surface area (Å²) in [5.41, 5.74) is 0. The molecule has 1 rings (SSSR count). The van der Waals surface area contributed by atoms with Gasteiger partial charge < -0.3 is 4.74 Å². The highest BCUT2D eigenvalue weighted by atomic mass is 16.5. The SMILES string of the molecule is C#CCn1cnnc1C(=O)OC.